The van der Waals surface area contributed by atoms with Crippen molar-refractivity contribution >= 4 is 23.0 Å². The smallest absolute Gasteiger partial charge is 0.175 e. The Bertz CT molecular complexity index is 624. The Kier molecular flexibility index (Phi) is 4.31. The number of ether oxygens (including phenoxy) is 1. The fourth-order valence-electron chi connectivity index (χ4n) is 2.26. The van der Waals surface area contributed by atoms with Gasteiger partial charge in [-0.3, -0.25) is 10.00 Å². The number of nitrogens with zero attached hydrogens (tertiary/aromatic N) is 4. The summed E-state index contributed by atoms with van der Waals surface area (Å²) in [6, 6.07) is 7.94. The lowest BCUT2D eigenvalue weighted by Gasteiger charge is -2.26. The predicted molar refractivity (Wildman–Crippen MR) is 84.1 cm³/mol. The number of aromatic nitrogens is 2. The molecule has 0 spiro atoms. The topological polar surface area (TPSA) is 118 Å². The van der Waals surface area contributed by atoms with Gasteiger partial charge in [0.15, 0.2) is 11.5 Å². The maximum absolute atomic E-state index is 5.67. The second-order valence-corrected chi connectivity index (χ2v) is 5.13. The molecule has 8 nitrogen and oxygen atoms in total. The highest BCUT2D eigenvalue weighted by atomic mass is 16.5. The lowest BCUT2D eigenvalue weighted by molar-refractivity contribution is 0.0342. The summed E-state index contributed by atoms with van der Waals surface area (Å²) < 4.78 is 5.35. The van der Waals surface area contributed by atoms with Gasteiger partial charge in [0.2, 0.25) is 0 Å². The quantitative estimate of drug-likeness (QED) is 0.744. The third kappa shape index (κ3) is 3.41. The normalized spacial score (nSPS) is 16.4. The van der Waals surface area contributed by atoms with E-state index in [9.17, 15) is 0 Å². The van der Waals surface area contributed by atoms with E-state index in [2.05, 4.69) is 25.3 Å². The van der Waals surface area contributed by atoms with Gasteiger partial charge in [0, 0.05) is 19.6 Å². The lowest BCUT2D eigenvalue weighted by atomic mass is 10.2. The minimum Gasteiger partial charge on any atom is -0.382 e. The van der Waals surface area contributed by atoms with E-state index in [1.165, 1.54) is 5.56 Å². The number of anilines is 2. The minimum absolute atomic E-state index is 0.241. The van der Waals surface area contributed by atoms with Crippen LogP contribution in [0.1, 0.15) is 5.56 Å². The van der Waals surface area contributed by atoms with Gasteiger partial charge >= 0.3 is 0 Å². The van der Waals surface area contributed by atoms with Gasteiger partial charge in [0.1, 0.15) is 5.82 Å². The summed E-state index contributed by atoms with van der Waals surface area (Å²) in [6.07, 6.45) is 0. The monoisotopic (exact) mass is 301 g/mol. The first kappa shape index (κ1) is 14.5. The molecule has 0 bridgehead atoms. The Morgan fingerprint density at radius 1 is 1.14 bits per heavy atom. The molecule has 0 amide bonds. The van der Waals surface area contributed by atoms with Gasteiger partial charge in [-0.2, -0.15) is 10.2 Å². The van der Waals surface area contributed by atoms with E-state index in [1.807, 2.05) is 24.3 Å². The zero-order valence-electron chi connectivity index (χ0n) is 12.2. The summed E-state index contributed by atoms with van der Waals surface area (Å²) in [5, 5.41) is 14.5. The van der Waals surface area contributed by atoms with E-state index in [1.54, 1.807) is 0 Å². The van der Waals surface area contributed by atoms with Gasteiger partial charge in [0.25, 0.3) is 0 Å². The van der Waals surface area contributed by atoms with Gasteiger partial charge in [-0.05, 0) is 17.7 Å². The number of morpholine rings is 1. The molecule has 2 aromatic rings. The highest BCUT2D eigenvalue weighted by Gasteiger charge is 2.10. The minimum atomic E-state index is 0.241. The maximum atomic E-state index is 5.67. The van der Waals surface area contributed by atoms with Crippen LogP contribution in [0, 0.1) is 0 Å². The van der Waals surface area contributed by atoms with Crippen molar-refractivity contribution in [2.24, 2.45) is 10.2 Å². The van der Waals surface area contributed by atoms with Crippen molar-refractivity contribution in [2.75, 3.05) is 37.8 Å². The first-order chi connectivity index (χ1) is 10.7. The predicted octanol–water partition coefficient (Wildman–Crippen LogP) is 1.82. The van der Waals surface area contributed by atoms with Crippen molar-refractivity contribution in [2.45, 2.75) is 6.54 Å². The number of rotatable bonds is 4. The summed E-state index contributed by atoms with van der Waals surface area (Å²) >= 11 is 0. The molecule has 1 fully saturated rings. The van der Waals surface area contributed by atoms with E-state index in [-0.39, 0.29) is 5.82 Å². The van der Waals surface area contributed by atoms with Crippen LogP contribution < -0.4 is 11.5 Å². The molecule has 0 saturated carbocycles. The van der Waals surface area contributed by atoms with Gasteiger partial charge in [-0.15, -0.1) is 5.11 Å². The average molecular weight is 301 g/mol. The standard InChI is InChI=1S/C14H19N7O/c15-13-12(14(16)20-19-13)18-17-11-3-1-10(2-4-11)9-21-5-7-22-8-6-21/h1-4H,5-9H2,(H5,15,16,19,20). The number of hydrogen-bond donors (Lipinski definition) is 3. The van der Waals surface area contributed by atoms with E-state index in [0.29, 0.717) is 11.5 Å². The van der Waals surface area contributed by atoms with Crippen LogP contribution in [0.15, 0.2) is 34.5 Å². The van der Waals surface area contributed by atoms with Crippen molar-refractivity contribution in [3.05, 3.63) is 29.8 Å². The largest absolute Gasteiger partial charge is 0.382 e. The molecule has 2 heterocycles. The maximum Gasteiger partial charge on any atom is 0.175 e. The van der Waals surface area contributed by atoms with Crippen LogP contribution in [-0.4, -0.2) is 41.4 Å². The first-order valence-electron chi connectivity index (χ1n) is 7.12. The second kappa shape index (κ2) is 6.54. The molecule has 3 rings (SSSR count). The highest BCUT2D eigenvalue weighted by molar-refractivity contribution is 5.70. The Labute approximate surface area is 128 Å². The number of azo groups is 1. The van der Waals surface area contributed by atoms with Crippen LogP contribution in [0.25, 0.3) is 0 Å². The van der Waals surface area contributed by atoms with Crippen LogP contribution in [0.4, 0.5) is 23.0 Å². The molecule has 1 aromatic carbocycles. The number of nitrogen functional groups attached to an aromatic ring is 2. The molecule has 1 aliphatic heterocycles. The Hall–Kier alpha value is -2.45. The van der Waals surface area contributed by atoms with Crippen LogP contribution in [-0.2, 0) is 11.3 Å². The molecule has 0 unspecified atom stereocenters. The number of nitrogens with two attached hydrogens (primary N) is 2. The Morgan fingerprint density at radius 3 is 2.50 bits per heavy atom. The fraction of sp³-hybridized carbons (Fsp3) is 0.357. The molecular weight excluding hydrogens is 282 g/mol. The number of H-pyrrole nitrogens is 1. The molecule has 22 heavy (non-hydrogen) atoms. The highest BCUT2D eigenvalue weighted by Crippen LogP contribution is 2.28. The molecule has 1 saturated heterocycles. The Morgan fingerprint density at radius 2 is 1.86 bits per heavy atom. The number of hydrogen-bond acceptors (Lipinski definition) is 7. The molecule has 1 aliphatic rings. The third-order valence-electron chi connectivity index (χ3n) is 3.51. The van der Waals surface area contributed by atoms with Gasteiger partial charge in [-0.25, -0.2) is 0 Å². The summed E-state index contributed by atoms with van der Waals surface area (Å²) in [7, 11) is 0. The van der Waals surface area contributed by atoms with Crippen LogP contribution in [0.2, 0.25) is 0 Å². The zero-order chi connectivity index (χ0) is 15.4. The molecular formula is C14H19N7O. The van der Waals surface area contributed by atoms with Crippen LogP contribution in [0.3, 0.4) is 0 Å². The average Bonchev–Trinajstić information content (AvgIpc) is 2.86. The number of nitrogens with one attached hydrogen (secondary N) is 1. The zero-order valence-corrected chi connectivity index (χ0v) is 12.2. The van der Waals surface area contributed by atoms with Crippen molar-refractivity contribution in [1.82, 2.24) is 15.1 Å². The second-order valence-electron chi connectivity index (χ2n) is 5.13. The van der Waals surface area contributed by atoms with E-state index in [4.69, 9.17) is 16.2 Å². The molecule has 8 heteroatoms. The number of aromatic amines is 1. The van der Waals surface area contributed by atoms with Gasteiger partial charge < -0.3 is 16.2 Å². The van der Waals surface area contributed by atoms with E-state index in [0.717, 1.165) is 38.5 Å². The molecule has 1 aromatic heterocycles. The first-order valence-corrected chi connectivity index (χ1v) is 7.12. The molecule has 0 atom stereocenters. The van der Waals surface area contributed by atoms with Crippen LogP contribution >= 0.6 is 0 Å². The lowest BCUT2D eigenvalue weighted by Crippen LogP contribution is -2.35. The molecule has 0 radical (unpaired) electrons. The SMILES string of the molecule is Nc1n[nH]c(N)c1N=Nc1ccc(CN2CCOCC2)cc1. The molecule has 116 valence electrons. The summed E-state index contributed by atoms with van der Waals surface area (Å²) in [4.78, 5) is 2.37. The van der Waals surface area contributed by atoms with Crippen molar-refractivity contribution in [1.29, 1.82) is 0 Å². The summed E-state index contributed by atoms with van der Waals surface area (Å²) in [5.41, 5.74) is 13.7. The molecule has 0 aliphatic carbocycles. The third-order valence-corrected chi connectivity index (χ3v) is 3.51. The molecule has 5 N–H and O–H groups in total. The van der Waals surface area contributed by atoms with E-state index >= 15 is 0 Å². The van der Waals surface area contributed by atoms with E-state index < -0.39 is 0 Å². The van der Waals surface area contributed by atoms with Crippen LogP contribution in [0.5, 0.6) is 0 Å². The van der Waals surface area contributed by atoms with Crippen molar-refractivity contribution in [3.63, 3.8) is 0 Å². The summed E-state index contributed by atoms with van der Waals surface area (Å²) in [6.45, 7) is 4.48. The van der Waals surface area contributed by atoms with Gasteiger partial charge in [0.05, 0.1) is 18.9 Å². The Balaban J connectivity index is 1.64. The fourth-order valence-corrected chi connectivity index (χ4v) is 2.26. The number of benzene rings is 1. The van der Waals surface area contributed by atoms with Crippen molar-refractivity contribution < 1.29 is 4.74 Å². The van der Waals surface area contributed by atoms with Gasteiger partial charge in [-0.1, -0.05) is 12.1 Å². The summed E-state index contributed by atoms with van der Waals surface area (Å²) in [5.74, 6) is 0.551. The van der Waals surface area contributed by atoms with Crippen molar-refractivity contribution in [3.8, 4) is 0 Å².